The van der Waals surface area contributed by atoms with Gasteiger partial charge in [0.05, 0.1) is 11.2 Å². The number of nitrogens with zero attached hydrogens (tertiary/aromatic N) is 5. The number of carbonyl (C=O) groups excluding carboxylic acids is 1. The van der Waals surface area contributed by atoms with Crippen molar-refractivity contribution in [2.75, 3.05) is 29.0 Å². The van der Waals surface area contributed by atoms with Gasteiger partial charge in [-0.25, -0.2) is 13.4 Å². The molecule has 2 aromatic heterocycles. The molecular formula is C29H41N9O3S. The first-order valence-electron chi connectivity index (χ1n) is 15.2. The van der Waals surface area contributed by atoms with Crippen LogP contribution in [0.15, 0.2) is 35.5 Å². The van der Waals surface area contributed by atoms with Crippen LogP contribution in [0.1, 0.15) is 77.2 Å². The molecule has 12 nitrogen and oxygen atoms in total. The van der Waals surface area contributed by atoms with Crippen LogP contribution in [-0.2, 0) is 14.8 Å². The second kappa shape index (κ2) is 12.1. The van der Waals surface area contributed by atoms with E-state index in [9.17, 15) is 13.2 Å². The summed E-state index contributed by atoms with van der Waals surface area (Å²) in [5, 5.41) is 9.84. The molecule has 226 valence electrons. The average Bonchev–Trinajstić information content (AvgIpc) is 3.65. The third-order valence-corrected chi connectivity index (χ3v) is 10.8. The lowest BCUT2D eigenvalue weighted by Crippen LogP contribution is -2.42. The van der Waals surface area contributed by atoms with Crippen LogP contribution in [-0.4, -0.2) is 69.4 Å². The van der Waals surface area contributed by atoms with Gasteiger partial charge in [0.1, 0.15) is 0 Å². The van der Waals surface area contributed by atoms with Gasteiger partial charge in [0, 0.05) is 49.9 Å². The summed E-state index contributed by atoms with van der Waals surface area (Å²) in [6.45, 7) is 2.21. The number of amides is 1. The molecule has 1 amide bonds. The summed E-state index contributed by atoms with van der Waals surface area (Å²) in [7, 11) is -3.64. The molecule has 2 saturated carbocycles. The molecule has 0 radical (unpaired) electrons. The Morgan fingerprint density at radius 1 is 0.905 bits per heavy atom. The van der Waals surface area contributed by atoms with Gasteiger partial charge in [-0.2, -0.15) is 14.3 Å². The highest BCUT2D eigenvalue weighted by Gasteiger charge is 2.31. The first-order chi connectivity index (χ1) is 20.3. The minimum atomic E-state index is -3.64. The van der Waals surface area contributed by atoms with E-state index in [1.165, 1.54) is 36.2 Å². The number of nitrogens with one attached hydrogen (secondary N) is 3. The molecule has 0 spiro atoms. The summed E-state index contributed by atoms with van der Waals surface area (Å²) in [5.41, 5.74) is 8.29. The van der Waals surface area contributed by atoms with E-state index < -0.39 is 10.0 Å². The van der Waals surface area contributed by atoms with Crippen LogP contribution in [0.5, 0.6) is 0 Å². The smallest absolute Gasteiger partial charge is 0.243 e. The zero-order valence-corrected chi connectivity index (χ0v) is 24.9. The standard InChI is InChI=1S/C29H41N9O3S/c1-19(39)32-21-10-12-25(13-11-21)42(40,41)37-16-14-23(15-17-37)33-27-26-28(38(18-31-26)24-4-2-3-5-24)36-29(35-27)34-22-8-6-20(30)7-9-22/h10-13,18,20,22-24H,2-9,14-17,30H2,1H3,(H,32,39)(H2,33,34,35,36). The fourth-order valence-electron chi connectivity index (χ4n) is 6.47. The maximum absolute atomic E-state index is 13.3. The summed E-state index contributed by atoms with van der Waals surface area (Å²) in [5.74, 6) is 1.10. The fourth-order valence-corrected chi connectivity index (χ4v) is 7.94. The summed E-state index contributed by atoms with van der Waals surface area (Å²) in [6.07, 6.45) is 11.8. The molecule has 5 N–H and O–H groups in total. The SMILES string of the molecule is CC(=O)Nc1ccc(S(=O)(=O)N2CCC(Nc3nc(NC4CCC(N)CC4)nc4c3ncn4C3CCCC3)CC2)cc1. The molecule has 2 aliphatic carbocycles. The monoisotopic (exact) mass is 595 g/mol. The van der Waals surface area contributed by atoms with Gasteiger partial charge in [-0.15, -0.1) is 0 Å². The molecule has 1 saturated heterocycles. The number of piperidine rings is 1. The van der Waals surface area contributed by atoms with Gasteiger partial charge in [-0.3, -0.25) is 4.79 Å². The fraction of sp³-hybridized carbons (Fsp3) is 0.586. The lowest BCUT2D eigenvalue weighted by Gasteiger charge is -2.32. The predicted molar refractivity (Wildman–Crippen MR) is 163 cm³/mol. The maximum atomic E-state index is 13.3. The number of fused-ring (bicyclic) bond motifs is 1. The second-order valence-electron chi connectivity index (χ2n) is 11.9. The number of nitrogens with two attached hydrogens (primary N) is 1. The van der Waals surface area contributed by atoms with Gasteiger partial charge in [-0.05, 0) is 75.6 Å². The van der Waals surface area contributed by atoms with Crippen molar-refractivity contribution in [2.45, 2.75) is 100 Å². The van der Waals surface area contributed by atoms with Crippen LogP contribution >= 0.6 is 0 Å². The molecule has 3 heterocycles. The van der Waals surface area contributed by atoms with Gasteiger partial charge < -0.3 is 26.3 Å². The van der Waals surface area contributed by atoms with Crippen molar-refractivity contribution in [1.29, 1.82) is 0 Å². The molecule has 42 heavy (non-hydrogen) atoms. The molecule has 1 aromatic carbocycles. The first kappa shape index (κ1) is 28.8. The minimum Gasteiger partial charge on any atom is -0.365 e. The second-order valence-corrected chi connectivity index (χ2v) is 13.9. The van der Waals surface area contributed by atoms with Crippen molar-refractivity contribution in [3.63, 3.8) is 0 Å². The van der Waals surface area contributed by atoms with Crippen LogP contribution in [0.2, 0.25) is 0 Å². The number of imidazole rings is 1. The van der Waals surface area contributed by atoms with Crippen molar-refractivity contribution in [3.05, 3.63) is 30.6 Å². The minimum absolute atomic E-state index is 0.0499. The number of hydrogen-bond donors (Lipinski definition) is 4. The largest absolute Gasteiger partial charge is 0.365 e. The molecule has 3 fully saturated rings. The van der Waals surface area contributed by atoms with Crippen molar-refractivity contribution < 1.29 is 13.2 Å². The highest BCUT2D eigenvalue weighted by Crippen LogP contribution is 2.34. The Morgan fingerprint density at radius 2 is 1.57 bits per heavy atom. The lowest BCUT2D eigenvalue weighted by molar-refractivity contribution is -0.114. The van der Waals surface area contributed by atoms with Crippen LogP contribution in [0.25, 0.3) is 11.2 Å². The van der Waals surface area contributed by atoms with E-state index in [2.05, 4.69) is 20.5 Å². The van der Waals surface area contributed by atoms with Crippen LogP contribution < -0.4 is 21.7 Å². The van der Waals surface area contributed by atoms with Gasteiger partial charge in [0.15, 0.2) is 17.0 Å². The topological polar surface area (TPSA) is 160 Å². The van der Waals surface area contributed by atoms with Crippen molar-refractivity contribution in [2.24, 2.45) is 5.73 Å². The summed E-state index contributed by atoms with van der Waals surface area (Å²) in [6, 6.07) is 7.31. The molecular weight excluding hydrogens is 554 g/mol. The van der Waals surface area contributed by atoms with E-state index in [-0.39, 0.29) is 22.9 Å². The Hall–Kier alpha value is -3.29. The summed E-state index contributed by atoms with van der Waals surface area (Å²) >= 11 is 0. The Kier molecular flexibility index (Phi) is 8.33. The Morgan fingerprint density at radius 3 is 2.24 bits per heavy atom. The molecule has 13 heteroatoms. The zero-order chi connectivity index (χ0) is 29.3. The Bertz CT molecular complexity index is 1500. The molecule has 0 bridgehead atoms. The highest BCUT2D eigenvalue weighted by molar-refractivity contribution is 7.89. The highest BCUT2D eigenvalue weighted by atomic mass is 32.2. The van der Waals surface area contributed by atoms with Gasteiger partial charge in [-0.1, -0.05) is 12.8 Å². The molecule has 3 aliphatic rings. The maximum Gasteiger partial charge on any atom is 0.243 e. The van der Waals surface area contributed by atoms with Gasteiger partial charge in [0.2, 0.25) is 21.9 Å². The normalized spacial score (nSPS) is 22.8. The number of carbonyl (C=O) groups is 1. The third kappa shape index (κ3) is 6.23. The molecule has 3 aromatic rings. The van der Waals surface area contributed by atoms with Gasteiger partial charge in [0.25, 0.3) is 0 Å². The van der Waals surface area contributed by atoms with E-state index in [0.717, 1.165) is 49.7 Å². The first-order valence-corrected chi connectivity index (χ1v) is 16.6. The van der Waals surface area contributed by atoms with Gasteiger partial charge >= 0.3 is 0 Å². The zero-order valence-electron chi connectivity index (χ0n) is 24.1. The number of aromatic nitrogens is 4. The summed E-state index contributed by atoms with van der Waals surface area (Å²) < 4.78 is 30.4. The summed E-state index contributed by atoms with van der Waals surface area (Å²) in [4.78, 5) is 26.1. The van der Waals surface area contributed by atoms with Crippen LogP contribution in [0.3, 0.4) is 0 Å². The van der Waals surface area contributed by atoms with Crippen LogP contribution in [0, 0.1) is 0 Å². The number of hydrogen-bond acceptors (Lipinski definition) is 9. The number of sulfonamides is 1. The molecule has 1 aliphatic heterocycles. The van der Waals surface area contributed by atoms with E-state index in [1.54, 1.807) is 12.1 Å². The Balaban J connectivity index is 1.17. The van der Waals surface area contributed by atoms with E-state index in [1.807, 2.05) is 6.33 Å². The van der Waals surface area contributed by atoms with Crippen molar-refractivity contribution >= 4 is 44.5 Å². The lowest BCUT2D eigenvalue weighted by atomic mass is 9.92. The number of benzene rings is 1. The third-order valence-electron chi connectivity index (χ3n) is 8.85. The van der Waals surface area contributed by atoms with Crippen molar-refractivity contribution in [3.8, 4) is 0 Å². The van der Waals surface area contributed by atoms with Crippen LogP contribution in [0.4, 0.5) is 17.5 Å². The van der Waals surface area contributed by atoms with E-state index in [0.29, 0.717) is 55.5 Å². The number of rotatable bonds is 8. The average molecular weight is 596 g/mol. The quantitative estimate of drug-likeness (QED) is 0.303. The van der Waals surface area contributed by atoms with Crippen molar-refractivity contribution in [1.82, 2.24) is 23.8 Å². The predicted octanol–water partition coefficient (Wildman–Crippen LogP) is 3.85. The molecule has 6 rings (SSSR count). The molecule has 0 atom stereocenters. The number of anilines is 3. The van der Waals surface area contributed by atoms with E-state index in [4.69, 9.17) is 20.7 Å². The Labute approximate surface area is 246 Å². The van der Waals surface area contributed by atoms with E-state index >= 15 is 0 Å². The molecule has 0 unspecified atom stereocenters.